The molecule has 1 aromatic carbocycles. The third-order valence-electron chi connectivity index (χ3n) is 4.05. The summed E-state index contributed by atoms with van der Waals surface area (Å²) in [4.78, 5) is 4.14. The average molecular weight is 383 g/mol. The molecule has 1 unspecified atom stereocenters. The lowest BCUT2D eigenvalue weighted by molar-refractivity contribution is 0.130. The molecule has 6 nitrogen and oxygen atoms in total. The Hall–Kier alpha value is -1.83. The topological polar surface area (TPSA) is 68.7 Å². The molecule has 3 rings (SSSR count). The third kappa shape index (κ3) is 4.05. The second-order valence-electron chi connectivity index (χ2n) is 5.73. The van der Waals surface area contributed by atoms with Crippen molar-refractivity contribution in [3.63, 3.8) is 0 Å². The summed E-state index contributed by atoms with van der Waals surface area (Å²) < 4.78 is 38.3. The van der Waals surface area contributed by atoms with Crippen molar-refractivity contribution in [1.82, 2.24) is 9.29 Å². The maximum absolute atomic E-state index is 12.9. The van der Waals surface area contributed by atoms with Crippen LogP contribution in [0.25, 0.3) is 0 Å². The number of methoxy groups -OCH3 is 1. The highest BCUT2D eigenvalue weighted by Gasteiger charge is 2.31. The van der Waals surface area contributed by atoms with Crippen LogP contribution in [0.3, 0.4) is 0 Å². The van der Waals surface area contributed by atoms with Crippen molar-refractivity contribution in [1.29, 1.82) is 0 Å². The number of sulfonamides is 1. The van der Waals surface area contributed by atoms with E-state index in [0.717, 1.165) is 12.8 Å². The Morgan fingerprint density at radius 2 is 2.16 bits per heavy atom. The molecule has 0 bridgehead atoms. The normalized spacial score (nSPS) is 18.7. The quantitative estimate of drug-likeness (QED) is 0.795. The molecule has 1 aliphatic heterocycles. The molecule has 1 fully saturated rings. The Morgan fingerprint density at radius 3 is 2.92 bits per heavy atom. The van der Waals surface area contributed by atoms with E-state index in [4.69, 9.17) is 21.1 Å². The first-order valence-electron chi connectivity index (χ1n) is 7.91. The summed E-state index contributed by atoms with van der Waals surface area (Å²) in [5.74, 6) is 1.02. The van der Waals surface area contributed by atoms with Gasteiger partial charge in [0.2, 0.25) is 10.0 Å². The molecule has 1 atom stereocenters. The van der Waals surface area contributed by atoms with E-state index in [2.05, 4.69) is 4.98 Å². The van der Waals surface area contributed by atoms with E-state index in [1.165, 1.54) is 23.7 Å². The van der Waals surface area contributed by atoms with Crippen LogP contribution in [0, 0.1) is 0 Å². The van der Waals surface area contributed by atoms with Crippen molar-refractivity contribution in [3.05, 3.63) is 47.7 Å². The number of ether oxygens (including phenoxy) is 2. The smallest absolute Gasteiger partial charge is 0.243 e. The maximum Gasteiger partial charge on any atom is 0.243 e. The molecule has 0 aliphatic carbocycles. The molecular formula is C17H19ClN2O4S. The molecule has 0 radical (unpaired) electrons. The maximum atomic E-state index is 12.9. The molecule has 0 amide bonds. The van der Waals surface area contributed by atoms with E-state index in [0.29, 0.717) is 23.1 Å². The predicted octanol–water partition coefficient (Wildman–Crippen LogP) is 2.98. The summed E-state index contributed by atoms with van der Waals surface area (Å²) in [7, 11) is -2.09. The Kier molecular flexibility index (Phi) is 5.46. The number of benzene rings is 1. The minimum Gasteiger partial charge on any atom is -0.497 e. The van der Waals surface area contributed by atoms with Gasteiger partial charge in [0, 0.05) is 31.1 Å². The zero-order chi connectivity index (χ0) is 17.9. The summed E-state index contributed by atoms with van der Waals surface area (Å²) in [5.41, 5.74) is 0. The van der Waals surface area contributed by atoms with E-state index < -0.39 is 10.0 Å². The second-order valence-corrected chi connectivity index (χ2v) is 8.08. The highest BCUT2D eigenvalue weighted by molar-refractivity contribution is 7.89. The predicted molar refractivity (Wildman–Crippen MR) is 94.6 cm³/mol. The molecule has 1 saturated heterocycles. The van der Waals surface area contributed by atoms with Crippen LogP contribution in [0.5, 0.6) is 11.5 Å². The standard InChI is InChI=1S/C17H19ClN2O4S/c1-23-13-4-2-6-15(10-13)25(21,22)20-9-3-5-14(12-20)24-17-7-8-19-11-16(17)18/h2,4,6-8,10-11,14H,3,5,9,12H2,1H3. The second kappa shape index (κ2) is 7.59. The van der Waals surface area contributed by atoms with Gasteiger partial charge in [0.25, 0.3) is 0 Å². The number of piperidine rings is 1. The van der Waals surface area contributed by atoms with Gasteiger partial charge in [-0.1, -0.05) is 17.7 Å². The van der Waals surface area contributed by atoms with Gasteiger partial charge in [0.1, 0.15) is 22.6 Å². The fraction of sp³-hybridized carbons (Fsp3) is 0.353. The van der Waals surface area contributed by atoms with Crippen LogP contribution in [-0.2, 0) is 10.0 Å². The van der Waals surface area contributed by atoms with Gasteiger partial charge in [-0.15, -0.1) is 0 Å². The van der Waals surface area contributed by atoms with E-state index in [9.17, 15) is 8.42 Å². The molecule has 8 heteroatoms. The largest absolute Gasteiger partial charge is 0.497 e. The number of pyridine rings is 1. The number of rotatable bonds is 5. The van der Waals surface area contributed by atoms with Crippen molar-refractivity contribution in [2.24, 2.45) is 0 Å². The van der Waals surface area contributed by atoms with Crippen molar-refractivity contribution in [2.45, 2.75) is 23.8 Å². The first-order valence-corrected chi connectivity index (χ1v) is 9.73. The SMILES string of the molecule is COc1cccc(S(=O)(=O)N2CCCC(Oc3ccncc3Cl)C2)c1. The monoisotopic (exact) mass is 382 g/mol. The van der Waals surface area contributed by atoms with Gasteiger partial charge >= 0.3 is 0 Å². The highest BCUT2D eigenvalue weighted by atomic mass is 35.5. The number of hydrogen-bond donors (Lipinski definition) is 0. The Morgan fingerprint density at radius 1 is 1.32 bits per heavy atom. The molecule has 25 heavy (non-hydrogen) atoms. The molecular weight excluding hydrogens is 364 g/mol. The first-order chi connectivity index (χ1) is 12.0. The van der Waals surface area contributed by atoms with Crippen LogP contribution < -0.4 is 9.47 Å². The Bertz CT molecular complexity index is 844. The zero-order valence-corrected chi connectivity index (χ0v) is 15.3. The molecule has 0 N–H and O–H groups in total. The molecule has 2 aromatic rings. The van der Waals surface area contributed by atoms with Crippen molar-refractivity contribution in [3.8, 4) is 11.5 Å². The van der Waals surface area contributed by atoms with Gasteiger partial charge in [-0.2, -0.15) is 4.31 Å². The van der Waals surface area contributed by atoms with Gasteiger partial charge in [-0.05, 0) is 25.0 Å². The van der Waals surface area contributed by atoms with E-state index >= 15 is 0 Å². The number of nitrogens with zero attached hydrogens (tertiary/aromatic N) is 2. The van der Waals surface area contributed by atoms with Crippen LogP contribution in [0.15, 0.2) is 47.6 Å². The summed E-state index contributed by atoms with van der Waals surface area (Å²) in [6.07, 6.45) is 4.33. The van der Waals surface area contributed by atoms with E-state index in [-0.39, 0.29) is 17.5 Å². The lowest BCUT2D eigenvalue weighted by atomic mass is 10.1. The lowest BCUT2D eigenvalue weighted by Crippen LogP contribution is -2.44. The lowest BCUT2D eigenvalue weighted by Gasteiger charge is -2.32. The summed E-state index contributed by atoms with van der Waals surface area (Å²) in [6, 6.07) is 8.16. The first kappa shape index (κ1) is 18.0. The minimum absolute atomic E-state index is 0.217. The van der Waals surface area contributed by atoms with Gasteiger partial charge in [-0.3, -0.25) is 4.98 Å². The van der Waals surface area contributed by atoms with Gasteiger partial charge in [-0.25, -0.2) is 8.42 Å². The highest BCUT2D eigenvalue weighted by Crippen LogP contribution is 2.28. The minimum atomic E-state index is -3.60. The van der Waals surface area contributed by atoms with Gasteiger partial charge < -0.3 is 9.47 Å². The van der Waals surface area contributed by atoms with Gasteiger partial charge in [0.05, 0.1) is 18.6 Å². The summed E-state index contributed by atoms with van der Waals surface area (Å²) in [6.45, 7) is 0.738. The Labute approximate surface area is 152 Å². The molecule has 0 saturated carbocycles. The van der Waals surface area contributed by atoms with Crippen LogP contribution >= 0.6 is 11.6 Å². The van der Waals surface area contributed by atoms with Crippen LogP contribution in [-0.4, -0.2) is 44.0 Å². The third-order valence-corrected chi connectivity index (χ3v) is 6.19. The number of hydrogen-bond acceptors (Lipinski definition) is 5. The molecule has 1 aromatic heterocycles. The Balaban J connectivity index is 1.77. The molecule has 2 heterocycles. The number of halogens is 1. The van der Waals surface area contributed by atoms with Crippen molar-refractivity contribution in [2.75, 3.05) is 20.2 Å². The zero-order valence-electron chi connectivity index (χ0n) is 13.8. The summed E-state index contributed by atoms with van der Waals surface area (Å²) in [5, 5.41) is 0.412. The van der Waals surface area contributed by atoms with E-state index in [1.807, 2.05) is 0 Å². The van der Waals surface area contributed by atoms with Crippen LogP contribution in [0.2, 0.25) is 5.02 Å². The van der Waals surface area contributed by atoms with Crippen molar-refractivity contribution < 1.29 is 17.9 Å². The molecule has 134 valence electrons. The fourth-order valence-corrected chi connectivity index (χ4v) is 4.48. The van der Waals surface area contributed by atoms with E-state index in [1.54, 1.807) is 30.5 Å². The molecule has 1 aliphatic rings. The summed E-state index contributed by atoms with van der Waals surface area (Å²) >= 11 is 6.07. The van der Waals surface area contributed by atoms with Crippen molar-refractivity contribution >= 4 is 21.6 Å². The number of aromatic nitrogens is 1. The van der Waals surface area contributed by atoms with Crippen LogP contribution in [0.4, 0.5) is 0 Å². The van der Waals surface area contributed by atoms with Gasteiger partial charge in [0.15, 0.2) is 0 Å². The van der Waals surface area contributed by atoms with Crippen LogP contribution in [0.1, 0.15) is 12.8 Å². The fourth-order valence-electron chi connectivity index (χ4n) is 2.77. The average Bonchev–Trinajstić information content (AvgIpc) is 2.64. The molecule has 0 spiro atoms.